The maximum absolute atomic E-state index is 12.6. The number of amides is 1. The Morgan fingerprint density at radius 3 is 2.69 bits per heavy atom. The second-order valence-electron chi connectivity index (χ2n) is 6.82. The number of ether oxygens (including phenoxy) is 1. The number of rotatable bonds is 5. The molecule has 1 fully saturated rings. The number of benzene rings is 2. The van der Waals surface area contributed by atoms with E-state index in [2.05, 4.69) is 24.0 Å². The summed E-state index contributed by atoms with van der Waals surface area (Å²) in [6, 6.07) is 15.9. The van der Waals surface area contributed by atoms with Crippen molar-refractivity contribution in [2.75, 3.05) is 33.3 Å². The topological polar surface area (TPSA) is 32.8 Å². The van der Waals surface area contributed by atoms with Crippen molar-refractivity contribution in [3.05, 3.63) is 70.2 Å². The van der Waals surface area contributed by atoms with Crippen LogP contribution in [0.25, 0.3) is 0 Å². The monoisotopic (exact) mass is 372 g/mol. The number of halogens is 1. The summed E-state index contributed by atoms with van der Waals surface area (Å²) in [5, 5.41) is 0.717. The Bertz CT molecular complexity index is 748. The summed E-state index contributed by atoms with van der Waals surface area (Å²) in [5.41, 5.74) is 3.49. The predicted octanol–water partition coefficient (Wildman–Crippen LogP) is 3.68. The van der Waals surface area contributed by atoms with Crippen molar-refractivity contribution in [3.8, 4) is 0 Å². The minimum Gasteiger partial charge on any atom is -0.371 e. The van der Waals surface area contributed by atoms with Crippen molar-refractivity contribution >= 4 is 17.5 Å². The van der Waals surface area contributed by atoms with E-state index >= 15 is 0 Å². The Kier molecular flexibility index (Phi) is 6.30. The van der Waals surface area contributed by atoms with E-state index in [0.29, 0.717) is 26.2 Å². The molecule has 1 heterocycles. The number of aryl methyl sites for hydroxylation is 1. The SMILES string of the molecule is Cc1ccccc1CN(C)C(=O)CN1CCO[C@@H](c2ccc(Cl)cc2)C1. The van der Waals surface area contributed by atoms with Gasteiger partial charge >= 0.3 is 0 Å². The van der Waals surface area contributed by atoms with Gasteiger partial charge < -0.3 is 9.64 Å². The third-order valence-corrected chi connectivity index (χ3v) is 5.10. The van der Waals surface area contributed by atoms with Crippen LogP contribution in [-0.4, -0.2) is 49.0 Å². The molecule has 1 atom stereocenters. The molecule has 0 saturated carbocycles. The van der Waals surface area contributed by atoms with E-state index in [4.69, 9.17) is 16.3 Å². The molecule has 3 rings (SSSR count). The Morgan fingerprint density at radius 1 is 1.23 bits per heavy atom. The summed E-state index contributed by atoms with van der Waals surface area (Å²) in [4.78, 5) is 16.6. The van der Waals surface area contributed by atoms with Gasteiger partial charge in [0.15, 0.2) is 0 Å². The molecule has 0 radical (unpaired) electrons. The predicted molar refractivity (Wildman–Crippen MR) is 104 cm³/mol. The number of hydrogen-bond acceptors (Lipinski definition) is 3. The van der Waals surface area contributed by atoms with Gasteiger partial charge in [0.05, 0.1) is 19.3 Å². The first kappa shape index (κ1) is 18.9. The molecule has 1 amide bonds. The lowest BCUT2D eigenvalue weighted by molar-refractivity contribution is -0.133. The maximum atomic E-state index is 12.6. The lowest BCUT2D eigenvalue weighted by atomic mass is 10.1. The van der Waals surface area contributed by atoms with Crippen LogP contribution >= 0.6 is 11.6 Å². The second kappa shape index (κ2) is 8.67. The molecule has 1 saturated heterocycles. The summed E-state index contributed by atoms with van der Waals surface area (Å²) in [6.07, 6.45) is -0.0181. The largest absolute Gasteiger partial charge is 0.371 e. The van der Waals surface area contributed by atoms with Crippen LogP contribution in [0.3, 0.4) is 0 Å². The molecule has 2 aromatic carbocycles. The molecule has 1 aliphatic rings. The molecule has 26 heavy (non-hydrogen) atoms. The van der Waals surface area contributed by atoms with E-state index in [9.17, 15) is 4.79 Å². The van der Waals surface area contributed by atoms with E-state index in [1.807, 2.05) is 43.4 Å². The van der Waals surface area contributed by atoms with Gasteiger partial charge in [-0.25, -0.2) is 0 Å². The van der Waals surface area contributed by atoms with Gasteiger partial charge in [0.2, 0.25) is 5.91 Å². The second-order valence-corrected chi connectivity index (χ2v) is 7.26. The highest BCUT2D eigenvalue weighted by atomic mass is 35.5. The van der Waals surface area contributed by atoms with Crippen molar-refractivity contribution in [1.29, 1.82) is 0 Å². The highest BCUT2D eigenvalue weighted by Crippen LogP contribution is 2.23. The van der Waals surface area contributed by atoms with Gasteiger partial charge in [-0.1, -0.05) is 48.0 Å². The van der Waals surface area contributed by atoms with E-state index in [-0.39, 0.29) is 12.0 Å². The van der Waals surface area contributed by atoms with Gasteiger partial charge in [-0.05, 0) is 35.7 Å². The molecule has 0 N–H and O–H groups in total. The first-order valence-corrected chi connectivity index (χ1v) is 9.28. The number of morpholine rings is 1. The summed E-state index contributed by atoms with van der Waals surface area (Å²) in [7, 11) is 1.87. The molecule has 2 aromatic rings. The number of nitrogens with zero attached hydrogens (tertiary/aromatic N) is 2. The third-order valence-electron chi connectivity index (χ3n) is 4.85. The van der Waals surface area contributed by atoms with E-state index < -0.39 is 0 Å². The van der Waals surface area contributed by atoms with Gasteiger partial charge in [0.25, 0.3) is 0 Å². The molecule has 5 heteroatoms. The Hall–Kier alpha value is -1.88. The van der Waals surface area contributed by atoms with Crippen molar-refractivity contribution in [3.63, 3.8) is 0 Å². The zero-order valence-corrected chi connectivity index (χ0v) is 16.1. The van der Waals surface area contributed by atoms with Crippen molar-refractivity contribution in [2.45, 2.75) is 19.6 Å². The molecule has 4 nitrogen and oxygen atoms in total. The fraction of sp³-hybridized carbons (Fsp3) is 0.381. The number of likely N-dealkylation sites (N-methyl/N-ethyl adjacent to an activating group) is 1. The number of carbonyl (C=O) groups is 1. The third kappa shape index (κ3) is 4.85. The molecule has 0 aromatic heterocycles. The summed E-state index contributed by atoms with van der Waals surface area (Å²) in [5.74, 6) is 0.130. The van der Waals surface area contributed by atoms with Crippen LogP contribution in [0.15, 0.2) is 48.5 Å². The number of hydrogen-bond donors (Lipinski definition) is 0. The van der Waals surface area contributed by atoms with Crippen LogP contribution < -0.4 is 0 Å². The van der Waals surface area contributed by atoms with Crippen LogP contribution in [0, 0.1) is 6.92 Å². The summed E-state index contributed by atoms with van der Waals surface area (Å²) >= 11 is 5.96. The first-order valence-electron chi connectivity index (χ1n) is 8.91. The number of carbonyl (C=O) groups excluding carboxylic acids is 1. The van der Waals surface area contributed by atoms with Crippen LogP contribution in [0.1, 0.15) is 22.8 Å². The highest BCUT2D eigenvalue weighted by molar-refractivity contribution is 6.30. The van der Waals surface area contributed by atoms with Crippen molar-refractivity contribution in [1.82, 2.24) is 9.80 Å². The molecular formula is C21H25ClN2O2. The average Bonchev–Trinajstić information content (AvgIpc) is 2.64. The van der Waals surface area contributed by atoms with E-state index in [0.717, 1.165) is 17.1 Å². The fourth-order valence-electron chi connectivity index (χ4n) is 3.17. The van der Waals surface area contributed by atoms with E-state index in [1.54, 1.807) is 4.90 Å². The van der Waals surface area contributed by atoms with Crippen LogP contribution in [0.2, 0.25) is 5.02 Å². The Balaban J connectivity index is 1.56. The molecule has 138 valence electrons. The van der Waals surface area contributed by atoms with Gasteiger partial charge in [-0.15, -0.1) is 0 Å². The quantitative estimate of drug-likeness (QED) is 0.802. The van der Waals surface area contributed by atoms with E-state index in [1.165, 1.54) is 11.1 Å². The zero-order chi connectivity index (χ0) is 18.5. The molecule has 0 unspecified atom stereocenters. The van der Waals surface area contributed by atoms with Crippen LogP contribution in [-0.2, 0) is 16.1 Å². The lowest BCUT2D eigenvalue weighted by Gasteiger charge is -2.33. The summed E-state index contributed by atoms with van der Waals surface area (Å²) < 4.78 is 5.88. The zero-order valence-electron chi connectivity index (χ0n) is 15.3. The standard InChI is InChI=1S/C21H25ClN2O2/c1-16-5-3-4-6-18(16)13-23(2)21(25)15-24-11-12-26-20(14-24)17-7-9-19(22)10-8-17/h3-10,20H,11-15H2,1-2H3/t20-/m1/s1. The molecule has 0 bridgehead atoms. The summed E-state index contributed by atoms with van der Waals surface area (Å²) in [6.45, 7) is 5.24. The average molecular weight is 373 g/mol. The molecular weight excluding hydrogens is 348 g/mol. The van der Waals surface area contributed by atoms with Crippen molar-refractivity contribution in [2.24, 2.45) is 0 Å². The van der Waals surface area contributed by atoms with Crippen LogP contribution in [0.4, 0.5) is 0 Å². The molecule has 0 spiro atoms. The molecule has 0 aliphatic carbocycles. The highest BCUT2D eigenvalue weighted by Gasteiger charge is 2.24. The molecule has 1 aliphatic heterocycles. The van der Waals surface area contributed by atoms with Crippen molar-refractivity contribution < 1.29 is 9.53 Å². The van der Waals surface area contributed by atoms with Gasteiger partial charge in [0, 0.05) is 31.7 Å². The smallest absolute Gasteiger partial charge is 0.236 e. The maximum Gasteiger partial charge on any atom is 0.236 e. The lowest BCUT2D eigenvalue weighted by Crippen LogP contribution is -2.44. The van der Waals surface area contributed by atoms with Gasteiger partial charge in [-0.3, -0.25) is 9.69 Å². The van der Waals surface area contributed by atoms with Gasteiger partial charge in [-0.2, -0.15) is 0 Å². The minimum atomic E-state index is -0.0181. The first-order chi connectivity index (χ1) is 12.5. The fourth-order valence-corrected chi connectivity index (χ4v) is 3.29. The Morgan fingerprint density at radius 2 is 1.96 bits per heavy atom. The Labute approximate surface area is 160 Å². The van der Waals surface area contributed by atoms with Crippen LogP contribution in [0.5, 0.6) is 0 Å². The van der Waals surface area contributed by atoms with Gasteiger partial charge in [0.1, 0.15) is 0 Å². The minimum absolute atomic E-state index is 0.0181. The normalized spacial score (nSPS) is 17.9.